The monoisotopic (exact) mass is 463 g/mol. The van der Waals surface area contributed by atoms with Crippen molar-refractivity contribution in [2.75, 3.05) is 20.2 Å². The van der Waals surface area contributed by atoms with E-state index in [2.05, 4.69) is 10.6 Å². The molecule has 7 heteroatoms. The van der Waals surface area contributed by atoms with E-state index in [0.717, 1.165) is 16.9 Å². The zero-order valence-electron chi connectivity index (χ0n) is 19.8. The molecule has 1 atom stereocenters. The van der Waals surface area contributed by atoms with Gasteiger partial charge >= 0.3 is 0 Å². The molecule has 2 aromatic carbocycles. The minimum absolute atomic E-state index is 0.00265. The Kier molecular flexibility index (Phi) is 9.26. The van der Waals surface area contributed by atoms with Gasteiger partial charge in [0.25, 0.3) is 0 Å². The maximum atomic E-state index is 13.3. The first-order valence-corrected chi connectivity index (χ1v) is 11.7. The molecule has 0 aromatic heterocycles. The van der Waals surface area contributed by atoms with Gasteiger partial charge in [-0.05, 0) is 49.1 Å². The number of hydrogen-bond acceptors (Lipinski definition) is 4. The van der Waals surface area contributed by atoms with Crippen molar-refractivity contribution in [3.63, 3.8) is 0 Å². The smallest absolute Gasteiger partial charge is 0.245 e. The van der Waals surface area contributed by atoms with Gasteiger partial charge in [-0.1, -0.05) is 48.5 Å². The third-order valence-corrected chi connectivity index (χ3v) is 5.99. The number of carbonyl (C=O) groups is 3. The number of nitrogens with one attached hydrogen (secondary N) is 2. The molecule has 1 fully saturated rings. The summed E-state index contributed by atoms with van der Waals surface area (Å²) in [6.07, 6.45) is 4.68. The fraction of sp³-hybridized carbons (Fsp3) is 0.370. The number of piperidine rings is 1. The van der Waals surface area contributed by atoms with Crippen LogP contribution >= 0.6 is 0 Å². The van der Waals surface area contributed by atoms with E-state index in [0.29, 0.717) is 38.9 Å². The standard InChI is InChI=1S/C27H33N3O4/c1-3-8-25(31)29-24(18-20-9-5-4-6-10-20)27(33)30-15-13-22(14-16-30)26(32)28-19-21-11-7-12-23(17-21)34-2/h3-12,17,22,24H,13-16,18-19H2,1-2H3,(H,28,32)(H,29,31)/b8-3+/t24-/m1/s1. The van der Waals surface area contributed by atoms with Crippen LogP contribution in [0.25, 0.3) is 0 Å². The second-order valence-electron chi connectivity index (χ2n) is 8.42. The third-order valence-electron chi connectivity index (χ3n) is 5.99. The second-order valence-corrected chi connectivity index (χ2v) is 8.42. The quantitative estimate of drug-likeness (QED) is 0.560. The lowest BCUT2D eigenvalue weighted by atomic mass is 9.94. The molecule has 2 N–H and O–H groups in total. The van der Waals surface area contributed by atoms with Crippen molar-refractivity contribution >= 4 is 17.7 Å². The number of amides is 3. The fourth-order valence-corrected chi connectivity index (χ4v) is 4.12. The first-order valence-electron chi connectivity index (χ1n) is 11.7. The van der Waals surface area contributed by atoms with Crippen LogP contribution in [0.3, 0.4) is 0 Å². The van der Waals surface area contributed by atoms with Crippen molar-refractivity contribution in [2.24, 2.45) is 5.92 Å². The number of methoxy groups -OCH3 is 1. The number of rotatable bonds is 9. The third kappa shape index (κ3) is 7.20. The van der Waals surface area contributed by atoms with Crippen molar-refractivity contribution in [3.8, 4) is 5.75 Å². The van der Waals surface area contributed by atoms with E-state index in [1.165, 1.54) is 6.08 Å². The average molecular weight is 464 g/mol. The Balaban J connectivity index is 1.55. The van der Waals surface area contributed by atoms with Gasteiger partial charge in [-0.15, -0.1) is 0 Å². The summed E-state index contributed by atoms with van der Waals surface area (Å²) < 4.78 is 5.23. The molecule has 0 saturated carbocycles. The lowest BCUT2D eigenvalue weighted by molar-refractivity contribution is -0.138. The molecule has 0 spiro atoms. The topological polar surface area (TPSA) is 87.7 Å². The molecule has 2 aromatic rings. The lowest BCUT2D eigenvalue weighted by Gasteiger charge is -2.34. The Hall–Kier alpha value is -3.61. The summed E-state index contributed by atoms with van der Waals surface area (Å²) in [6, 6.07) is 16.6. The summed E-state index contributed by atoms with van der Waals surface area (Å²) in [4.78, 5) is 39.9. The Morgan fingerprint density at radius 3 is 2.44 bits per heavy atom. The molecular weight excluding hydrogens is 430 g/mol. The Morgan fingerprint density at radius 1 is 1.06 bits per heavy atom. The van der Waals surface area contributed by atoms with Crippen LogP contribution in [-0.4, -0.2) is 48.9 Å². The fourth-order valence-electron chi connectivity index (χ4n) is 4.12. The van der Waals surface area contributed by atoms with Crippen molar-refractivity contribution in [3.05, 3.63) is 77.9 Å². The van der Waals surface area contributed by atoms with E-state index in [1.807, 2.05) is 54.6 Å². The molecule has 0 unspecified atom stereocenters. The van der Waals surface area contributed by atoms with Crippen LogP contribution in [0.15, 0.2) is 66.7 Å². The molecule has 0 radical (unpaired) electrons. The van der Waals surface area contributed by atoms with E-state index in [1.54, 1.807) is 25.0 Å². The molecule has 1 aliphatic heterocycles. The van der Waals surface area contributed by atoms with E-state index >= 15 is 0 Å². The number of likely N-dealkylation sites (tertiary alicyclic amines) is 1. The van der Waals surface area contributed by atoms with E-state index in [-0.39, 0.29) is 23.6 Å². The molecule has 7 nitrogen and oxygen atoms in total. The summed E-state index contributed by atoms with van der Waals surface area (Å²) in [6.45, 7) is 3.17. The van der Waals surface area contributed by atoms with Gasteiger partial charge in [-0.25, -0.2) is 0 Å². The van der Waals surface area contributed by atoms with Crippen LogP contribution in [0.2, 0.25) is 0 Å². The number of nitrogens with zero attached hydrogens (tertiary/aromatic N) is 1. The number of ether oxygens (including phenoxy) is 1. The van der Waals surface area contributed by atoms with Gasteiger partial charge in [0.05, 0.1) is 7.11 Å². The zero-order valence-corrected chi connectivity index (χ0v) is 19.8. The minimum Gasteiger partial charge on any atom is -0.497 e. The molecule has 0 aliphatic carbocycles. The maximum absolute atomic E-state index is 13.3. The van der Waals surface area contributed by atoms with Gasteiger partial charge in [0, 0.05) is 32.0 Å². The van der Waals surface area contributed by atoms with Crippen LogP contribution in [0.4, 0.5) is 0 Å². The summed E-state index contributed by atoms with van der Waals surface area (Å²) in [5.41, 5.74) is 1.95. The normalized spacial score (nSPS) is 15.1. The molecule has 3 amide bonds. The molecule has 1 saturated heterocycles. The highest BCUT2D eigenvalue weighted by molar-refractivity contribution is 5.93. The SMILES string of the molecule is C/C=C/C(=O)N[C@H](Cc1ccccc1)C(=O)N1CCC(C(=O)NCc2cccc(OC)c2)CC1. The summed E-state index contributed by atoms with van der Waals surface area (Å²) >= 11 is 0. The predicted octanol–water partition coefficient (Wildman–Crippen LogP) is 2.85. The molecule has 1 heterocycles. The highest BCUT2D eigenvalue weighted by Gasteiger charge is 2.31. The first-order chi connectivity index (χ1) is 16.5. The van der Waals surface area contributed by atoms with Crippen molar-refractivity contribution in [1.82, 2.24) is 15.5 Å². The van der Waals surface area contributed by atoms with Crippen molar-refractivity contribution in [1.29, 1.82) is 0 Å². The average Bonchev–Trinajstić information content (AvgIpc) is 2.87. The number of carbonyl (C=O) groups excluding carboxylic acids is 3. The van der Waals surface area contributed by atoms with Crippen LogP contribution in [-0.2, 0) is 27.3 Å². The highest BCUT2D eigenvalue weighted by atomic mass is 16.5. The first kappa shape index (κ1) is 25.0. The highest BCUT2D eigenvalue weighted by Crippen LogP contribution is 2.20. The number of benzene rings is 2. The molecule has 180 valence electrons. The molecule has 0 bridgehead atoms. The van der Waals surface area contributed by atoms with Crippen LogP contribution < -0.4 is 15.4 Å². The van der Waals surface area contributed by atoms with Crippen LogP contribution in [0.5, 0.6) is 5.75 Å². The summed E-state index contributed by atoms with van der Waals surface area (Å²) in [5, 5.41) is 5.84. The Morgan fingerprint density at radius 2 is 1.76 bits per heavy atom. The zero-order chi connectivity index (χ0) is 24.3. The number of allylic oxidation sites excluding steroid dienone is 1. The largest absolute Gasteiger partial charge is 0.497 e. The molecule has 1 aliphatic rings. The summed E-state index contributed by atoms with van der Waals surface area (Å²) in [5.74, 6) is 0.211. The Labute approximate surface area is 201 Å². The number of hydrogen-bond donors (Lipinski definition) is 2. The van der Waals surface area contributed by atoms with Gasteiger partial charge in [-0.2, -0.15) is 0 Å². The molecular formula is C27H33N3O4. The van der Waals surface area contributed by atoms with Gasteiger partial charge in [-0.3, -0.25) is 14.4 Å². The van der Waals surface area contributed by atoms with E-state index < -0.39 is 6.04 Å². The van der Waals surface area contributed by atoms with Gasteiger partial charge in [0.2, 0.25) is 17.7 Å². The molecule has 3 rings (SSSR count). The Bertz CT molecular complexity index is 998. The van der Waals surface area contributed by atoms with Gasteiger partial charge in [0.1, 0.15) is 11.8 Å². The molecule has 34 heavy (non-hydrogen) atoms. The van der Waals surface area contributed by atoms with E-state index in [9.17, 15) is 14.4 Å². The summed E-state index contributed by atoms with van der Waals surface area (Å²) in [7, 11) is 1.61. The van der Waals surface area contributed by atoms with Crippen molar-refractivity contribution < 1.29 is 19.1 Å². The lowest BCUT2D eigenvalue weighted by Crippen LogP contribution is -2.52. The second kappa shape index (κ2) is 12.6. The van der Waals surface area contributed by atoms with E-state index in [4.69, 9.17) is 4.74 Å². The predicted molar refractivity (Wildman–Crippen MR) is 131 cm³/mol. The van der Waals surface area contributed by atoms with Crippen LogP contribution in [0, 0.1) is 5.92 Å². The van der Waals surface area contributed by atoms with Crippen LogP contribution in [0.1, 0.15) is 30.9 Å². The van der Waals surface area contributed by atoms with Crippen molar-refractivity contribution in [2.45, 2.75) is 38.8 Å². The van der Waals surface area contributed by atoms with Gasteiger partial charge in [0.15, 0.2) is 0 Å². The van der Waals surface area contributed by atoms with Gasteiger partial charge < -0.3 is 20.3 Å². The maximum Gasteiger partial charge on any atom is 0.245 e. The minimum atomic E-state index is -0.649.